The molecule has 4 rings (SSSR count). The van der Waals surface area contributed by atoms with Crippen molar-refractivity contribution in [2.75, 3.05) is 39.2 Å². The number of methoxy groups -OCH3 is 2. The standard InChI is InChI=1S/C23H25N3O4/c1-14-9-17(30-3)11-18-22(14)25-20-7-8-26(12-19(20)23(18)28)13-21(27)24-15-5-4-6-16(10-15)29-2/h4-6,9-11,19H,7-8,12-13H2,1-3H3,(H,24,27). The molecule has 0 spiro atoms. The van der Waals surface area contributed by atoms with Gasteiger partial charge in [0.2, 0.25) is 5.91 Å². The van der Waals surface area contributed by atoms with Crippen molar-refractivity contribution in [1.29, 1.82) is 0 Å². The summed E-state index contributed by atoms with van der Waals surface area (Å²) in [4.78, 5) is 32.5. The zero-order valence-corrected chi connectivity index (χ0v) is 17.4. The van der Waals surface area contributed by atoms with Gasteiger partial charge in [-0.2, -0.15) is 0 Å². The van der Waals surface area contributed by atoms with Gasteiger partial charge in [0.05, 0.1) is 32.4 Å². The highest BCUT2D eigenvalue weighted by molar-refractivity contribution is 6.19. The van der Waals surface area contributed by atoms with Gasteiger partial charge in [-0.3, -0.25) is 19.5 Å². The molecule has 1 saturated heterocycles. The van der Waals surface area contributed by atoms with Gasteiger partial charge in [0.15, 0.2) is 5.78 Å². The van der Waals surface area contributed by atoms with Crippen LogP contribution < -0.4 is 14.8 Å². The van der Waals surface area contributed by atoms with Crippen LogP contribution in [0.5, 0.6) is 11.5 Å². The molecule has 2 aromatic carbocycles. The van der Waals surface area contributed by atoms with Crippen molar-refractivity contribution in [3.8, 4) is 11.5 Å². The topological polar surface area (TPSA) is 80.2 Å². The van der Waals surface area contributed by atoms with Crippen LogP contribution in [-0.4, -0.2) is 56.2 Å². The van der Waals surface area contributed by atoms with E-state index in [1.54, 1.807) is 26.4 Å². The van der Waals surface area contributed by atoms with Gasteiger partial charge in [0, 0.05) is 36.1 Å². The summed E-state index contributed by atoms with van der Waals surface area (Å²) >= 11 is 0. The van der Waals surface area contributed by atoms with E-state index in [2.05, 4.69) is 5.32 Å². The molecule has 2 aromatic rings. The molecule has 0 radical (unpaired) electrons. The first kappa shape index (κ1) is 20.1. The molecule has 2 aliphatic heterocycles. The van der Waals surface area contributed by atoms with E-state index in [0.717, 1.165) is 17.0 Å². The number of anilines is 1. The fourth-order valence-corrected chi connectivity index (χ4v) is 4.05. The molecule has 7 nitrogen and oxygen atoms in total. The van der Waals surface area contributed by atoms with Crippen molar-refractivity contribution in [1.82, 2.24) is 4.90 Å². The van der Waals surface area contributed by atoms with Crippen molar-refractivity contribution < 1.29 is 19.1 Å². The predicted octanol–water partition coefficient (Wildman–Crippen LogP) is 3.24. The average Bonchev–Trinajstić information content (AvgIpc) is 2.75. The Hall–Kier alpha value is -3.19. The number of likely N-dealkylation sites (tertiary alicyclic amines) is 1. The summed E-state index contributed by atoms with van der Waals surface area (Å²) < 4.78 is 10.5. The number of ketones is 1. The predicted molar refractivity (Wildman–Crippen MR) is 115 cm³/mol. The van der Waals surface area contributed by atoms with Crippen LogP contribution in [0.25, 0.3) is 0 Å². The molecule has 1 fully saturated rings. The van der Waals surface area contributed by atoms with Gasteiger partial charge in [-0.05, 0) is 43.2 Å². The smallest absolute Gasteiger partial charge is 0.238 e. The van der Waals surface area contributed by atoms with E-state index in [1.165, 1.54) is 0 Å². The Kier molecular flexibility index (Phi) is 5.55. The van der Waals surface area contributed by atoms with E-state index >= 15 is 0 Å². The lowest BCUT2D eigenvalue weighted by molar-refractivity contribution is -0.117. The number of benzene rings is 2. The second kappa shape index (κ2) is 8.28. The molecule has 1 atom stereocenters. The zero-order valence-electron chi connectivity index (χ0n) is 17.4. The molecule has 1 amide bonds. The fraction of sp³-hybridized carbons (Fsp3) is 0.348. The van der Waals surface area contributed by atoms with Crippen molar-refractivity contribution >= 4 is 28.8 Å². The number of Topliss-reactive ketones (excluding diaryl/α,β-unsaturated/α-hetero) is 1. The van der Waals surface area contributed by atoms with Gasteiger partial charge in [-0.1, -0.05) is 6.07 Å². The minimum atomic E-state index is -0.317. The Morgan fingerprint density at radius 1 is 1.20 bits per heavy atom. The molecule has 0 bridgehead atoms. The van der Waals surface area contributed by atoms with Crippen molar-refractivity contribution in [3.63, 3.8) is 0 Å². The van der Waals surface area contributed by atoms with Gasteiger partial charge < -0.3 is 14.8 Å². The molecule has 156 valence electrons. The molecular weight excluding hydrogens is 382 g/mol. The van der Waals surface area contributed by atoms with Crippen LogP contribution in [0.15, 0.2) is 41.4 Å². The molecule has 30 heavy (non-hydrogen) atoms. The van der Waals surface area contributed by atoms with Crippen LogP contribution in [0.2, 0.25) is 0 Å². The van der Waals surface area contributed by atoms with E-state index in [9.17, 15) is 9.59 Å². The maximum absolute atomic E-state index is 13.2. The van der Waals surface area contributed by atoms with Crippen LogP contribution >= 0.6 is 0 Å². The molecule has 1 unspecified atom stereocenters. The molecular formula is C23H25N3O4. The van der Waals surface area contributed by atoms with Gasteiger partial charge in [-0.25, -0.2) is 0 Å². The Balaban J connectivity index is 1.46. The summed E-state index contributed by atoms with van der Waals surface area (Å²) in [6.07, 6.45) is 0.674. The number of nitrogens with one attached hydrogen (secondary N) is 1. The van der Waals surface area contributed by atoms with Crippen LogP contribution in [0.3, 0.4) is 0 Å². The first-order chi connectivity index (χ1) is 14.5. The van der Waals surface area contributed by atoms with Crippen LogP contribution in [0, 0.1) is 12.8 Å². The lowest BCUT2D eigenvalue weighted by Gasteiger charge is -2.35. The maximum atomic E-state index is 13.2. The number of aliphatic imine (C=N–C) groups is 1. The molecule has 7 heteroatoms. The van der Waals surface area contributed by atoms with Crippen LogP contribution in [0.1, 0.15) is 22.3 Å². The van der Waals surface area contributed by atoms with Crippen molar-refractivity contribution in [3.05, 3.63) is 47.5 Å². The Morgan fingerprint density at radius 2 is 2.00 bits per heavy atom. The molecule has 0 saturated carbocycles. The van der Waals surface area contributed by atoms with E-state index in [1.807, 2.05) is 36.1 Å². The summed E-state index contributed by atoms with van der Waals surface area (Å²) in [5.41, 5.74) is 3.87. The normalized spacial score (nSPS) is 18.2. The Morgan fingerprint density at radius 3 is 2.77 bits per heavy atom. The van der Waals surface area contributed by atoms with E-state index in [0.29, 0.717) is 42.3 Å². The number of fused-ring (bicyclic) bond motifs is 2. The second-order valence-corrected chi connectivity index (χ2v) is 7.63. The highest BCUT2D eigenvalue weighted by atomic mass is 16.5. The third-order valence-electron chi connectivity index (χ3n) is 5.59. The molecule has 2 aliphatic rings. The number of amides is 1. The third-order valence-corrected chi connectivity index (χ3v) is 5.59. The molecule has 2 heterocycles. The minimum absolute atomic E-state index is 0.0508. The second-order valence-electron chi connectivity index (χ2n) is 7.63. The monoisotopic (exact) mass is 407 g/mol. The largest absolute Gasteiger partial charge is 0.497 e. The lowest BCUT2D eigenvalue weighted by atomic mass is 9.84. The van der Waals surface area contributed by atoms with Crippen LogP contribution in [0.4, 0.5) is 11.4 Å². The maximum Gasteiger partial charge on any atom is 0.238 e. The van der Waals surface area contributed by atoms with Gasteiger partial charge in [0.25, 0.3) is 0 Å². The number of ether oxygens (including phenoxy) is 2. The number of aryl methyl sites for hydroxylation is 1. The number of rotatable bonds is 5. The summed E-state index contributed by atoms with van der Waals surface area (Å²) in [5, 5.41) is 2.89. The van der Waals surface area contributed by atoms with E-state index in [4.69, 9.17) is 14.5 Å². The first-order valence-corrected chi connectivity index (χ1v) is 9.95. The number of hydrogen-bond donors (Lipinski definition) is 1. The first-order valence-electron chi connectivity index (χ1n) is 9.95. The Labute approximate surface area is 175 Å². The van der Waals surface area contributed by atoms with Gasteiger partial charge >= 0.3 is 0 Å². The van der Waals surface area contributed by atoms with E-state index in [-0.39, 0.29) is 24.2 Å². The summed E-state index contributed by atoms with van der Waals surface area (Å²) in [6.45, 7) is 3.34. The summed E-state index contributed by atoms with van der Waals surface area (Å²) in [7, 11) is 3.18. The third kappa shape index (κ3) is 3.93. The summed E-state index contributed by atoms with van der Waals surface area (Å²) in [6, 6.07) is 10.9. The summed E-state index contributed by atoms with van der Waals surface area (Å²) in [5.74, 6) is 0.953. The highest BCUT2D eigenvalue weighted by Crippen LogP contribution is 2.37. The molecule has 0 aliphatic carbocycles. The number of nitrogens with zero attached hydrogens (tertiary/aromatic N) is 2. The number of carbonyl (C=O) groups excluding carboxylic acids is 2. The van der Waals surface area contributed by atoms with Crippen molar-refractivity contribution in [2.45, 2.75) is 13.3 Å². The number of carbonyl (C=O) groups is 2. The lowest BCUT2D eigenvalue weighted by Crippen LogP contribution is -2.47. The van der Waals surface area contributed by atoms with E-state index < -0.39 is 0 Å². The van der Waals surface area contributed by atoms with Gasteiger partial charge in [0.1, 0.15) is 11.5 Å². The van der Waals surface area contributed by atoms with Gasteiger partial charge in [-0.15, -0.1) is 0 Å². The fourth-order valence-electron chi connectivity index (χ4n) is 4.05. The number of piperidine rings is 1. The molecule has 1 N–H and O–H groups in total. The zero-order chi connectivity index (χ0) is 21.3. The average molecular weight is 407 g/mol. The Bertz CT molecular complexity index is 1030. The molecule has 0 aromatic heterocycles. The number of hydrogen-bond acceptors (Lipinski definition) is 6. The minimum Gasteiger partial charge on any atom is -0.497 e. The van der Waals surface area contributed by atoms with Crippen molar-refractivity contribution in [2.24, 2.45) is 10.9 Å². The van der Waals surface area contributed by atoms with Crippen LogP contribution in [-0.2, 0) is 4.79 Å². The highest BCUT2D eigenvalue weighted by Gasteiger charge is 2.37. The quantitative estimate of drug-likeness (QED) is 0.823. The SMILES string of the molecule is COc1cccc(NC(=O)CN2CCC3=Nc4c(C)cc(OC)cc4C(=O)C3C2)c1.